The lowest BCUT2D eigenvalue weighted by Crippen LogP contribution is -2.40. The Hall–Kier alpha value is -3.57. The summed E-state index contributed by atoms with van der Waals surface area (Å²) in [7, 11) is 4.66. The molecule has 1 atom stereocenters. The maximum absolute atomic E-state index is 13.9. The minimum Gasteiger partial charge on any atom is -0.493 e. The number of carbonyl (C=O) groups is 1. The molecule has 11 heteroatoms. The van der Waals surface area contributed by atoms with Crippen LogP contribution in [-0.2, 0) is 9.53 Å². The summed E-state index contributed by atoms with van der Waals surface area (Å²) >= 11 is 4.87. The second-order valence-corrected chi connectivity index (χ2v) is 10.2. The molecule has 0 bridgehead atoms. The van der Waals surface area contributed by atoms with Gasteiger partial charge in [0.05, 0.1) is 56.4 Å². The summed E-state index contributed by atoms with van der Waals surface area (Å²) in [5.74, 6) is 1.59. The van der Waals surface area contributed by atoms with Gasteiger partial charge in [0.1, 0.15) is 0 Å². The van der Waals surface area contributed by atoms with Crippen molar-refractivity contribution in [3.8, 4) is 23.0 Å². The minimum absolute atomic E-state index is 0.180. The van der Waals surface area contributed by atoms with Crippen LogP contribution in [0.2, 0.25) is 0 Å². The SMILES string of the molecule is CCOC(=O)C1=C(C)N=c2s/c(=C/c3ccc(OC)c(OC)c3)c(=O)n2[C@@H]1c1cc(OC)c(OCC)cc1Br. The molecule has 1 aliphatic heterocycles. The first-order chi connectivity index (χ1) is 18.8. The average Bonchev–Trinajstić information content (AvgIpc) is 3.22. The standard InChI is InChI=1S/C28H29BrN2O7S/c1-7-37-22-14-18(29)17(13-21(22)36-6)25-24(27(33)38-8-2)15(3)30-28-31(25)26(32)23(39-28)12-16-9-10-19(34-4)20(11-16)35-5/h9-14,25H,7-8H2,1-6H3/b23-12+/t25-/m1/s1. The Balaban J connectivity index is 1.98. The highest BCUT2D eigenvalue weighted by Gasteiger charge is 2.35. The van der Waals surface area contributed by atoms with Crippen molar-refractivity contribution in [2.75, 3.05) is 34.5 Å². The van der Waals surface area contributed by atoms with Gasteiger partial charge in [-0.05, 0) is 62.2 Å². The Labute approximate surface area is 238 Å². The highest BCUT2D eigenvalue weighted by Crippen LogP contribution is 2.41. The van der Waals surface area contributed by atoms with E-state index in [1.54, 1.807) is 58.4 Å². The number of hydrogen-bond donors (Lipinski definition) is 0. The van der Waals surface area contributed by atoms with E-state index in [1.165, 1.54) is 23.0 Å². The summed E-state index contributed by atoms with van der Waals surface area (Å²) in [6.07, 6.45) is 1.76. The number of rotatable bonds is 9. The number of nitrogens with zero attached hydrogens (tertiary/aromatic N) is 2. The van der Waals surface area contributed by atoms with E-state index in [0.717, 1.165) is 5.56 Å². The smallest absolute Gasteiger partial charge is 0.338 e. The van der Waals surface area contributed by atoms with Crippen molar-refractivity contribution in [3.05, 3.63) is 76.9 Å². The lowest BCUT2D eigenvalue weighted by atomic mass is 9.95. The fourth-order valence-electron chi connectivity index (χ4n) is 4.37. The molecule has 0 N–H and O–H groups in total. The molecule has 0 radical (unpaired) electrons. The third-order valence-electron chi connectivity index (χ3n) is 6.10. The molecule has 0 unspecified atom stereocenters. The van der Waals surface area contributed by atoms with Gasteiger partial charge in [0.2, 0.25) is 0 Å². The molecule has 0 spiro atoms. The molecule has 2 heterocycles. The number of fused-ring (bicyclic) bond motifs is 1. The van der Waals surface area contributed by atoms with Crippen LogP contribution in [0.1, 0.15) is 37.9 Å². The van der Waals surface area contributed by atoms with Crippen molar-refractivity contribution in [2.24, 2.45) is 4.99 Å². The van der Waals surface area contributed by atoms with Crippen LogP contribution in [0.3, 0.4) is 0 Å². The van der Waals surface area contributed by atoms with E-state index >= 15 is 0 Å². The fraction of sp³-hybridized carbons (Fsp3) is 0.321. The molecule has 206 valence electrons. The number of hydrogen-bond acceptors (Lipinski definition) is 9. The number of thiazole rings is 1. The highest BCUT2D eigenvalue weighted by atomic mass is 79.9. The molecule has 0 fully saturated rings. The van der Waals surface area contributed by atoms with Crippen LogP contribution in [0.25, 0.3) is 6.08 Å². The van der Waals surface area contributed by atoms with E-state index in [1.807, 2.05) is 13.0 Å². The molecule has 0 saturated carbocycles. The number of allylic oxidation sites excluding steroid dienone is 1. The van der Waals surface area contributed by atoms with Crippen LogP contribution in [0.5, 0.6) is 23.0 Å². The van der Waals surface area contributed by atoms with E-state index in [2.05, 4.69) is 20.9 Å². The van der Waals surface area contributed by atoms with Crippen molar-refractivity contribution in [1.82, 2.24) is 4.57 Å². The predicted molar refractivity (Wildman–Crippen MR) is 152 cm³/mol. The Morgan fingerprint density at radius 3 is 2.36 bits per heavy atom. The molecule has 1 aromatic heterocycles. The first-order valence-electron chi connectivity index (χ1n) is 12.2. The van der Waals surface area contributed by atoms with Gasteiger partial charge in [-0.15, -0.1) is 0 Å². The van der Waals surface area contributed by atoms with Gasteiger partial charge in [-0.2, -0.15) is 0 Å². The number of benzene rings is 2. The van der Waals surface area contributed by atoms with Crippen LogP contribution in [-0.4, -0.2) is 45.1 Å². The number of aromatic nitrogens is 1. The van der Waals surface area contributed by atoms with Crippen molar-refractivity contribution in [2.45, 2.75) is 26.8 Å². The lowest BCUT2D eigenvalue weighted by Gasteiger charge is -2.26. The molecule has 2 aromatic carbocycles. The van der Waals surface area contributed by atoms with Crippen molar-refractivity contribution in [3.63, 3.8) is 0 Å². The monoisotopic (exact) mass is 616 g/mol. The van der Waals surface area contributed by atoms with Crippen LogP contribution in [0, 0.1) is 0 Å². The predicted octanol–water partition coefficient (Wildman–Crippen LogP) is 3.99. The van der Waals surface area contributed by atoms with Gasteiger partial charge in [0.25, 0.3) is 5.56 Å². The van der Waals surface area contributed by atoms with E-state index in [9.17, 15) is 9.59 Å². The average molecular weight is 618 g/mol. The van der Waals surface area contributed by atoms with Gasteiger partial charge in [0, 0.05) is 4.47 Å². The largest absolute Gasteiger partial charge is 0.493 e. The first-order valence-corrected chi connectivity index (χ1v) is 13.8. The molecule has 0 aliphatic carbocycles. The van der Waals surface area contributed by atoms with Gasteiger partial charge in [-0.3, -0.25) is 9.36 Å². The van der Waals surface area contributed by atoms with Crippen molar-refractivity contribution in [1.29, 1.82) is 0 Å². The molecule has 9 nitrogen and oxygen atoms in total. The molecule has 4 rings (SSSR count). The van der Waals surface area contributed by atoms with E-state index in [0.29, 0.717) is 54.7 Å². The molecule has 1 aliphatic rings. The van der Waals surface area contributed by atoms with Crippen LogP contribution in [0.15, 0.2) is 55.9 Å². The number of halogens is 1. The lowest BCUT2D eigenvalue weighted by molar-refractivity contribution is -0.139. The summed E-state index contributed by atoms with van der Waals surface area (Å²) in [5, 5.41) is 0. The second-order valence-electron chi connectivity index (χ2n) is 8.37. The van der Waals surface area contributed by atoms with Gasteiger partial charge < -0.3 is 23.7 Å². The summed E-state index contributed by atoms with van der Waals surface area (Å²) in [5.41, 5.74) is 1.82. The molecule has 3 aromatic rings. The summed E-state index contributed by atoms with van der Waals surface area (Å²) < 4.78 is 30.0. The quantitative estimate of drug-likeness (QED) is 0.335. The normalized spacial score (nSPS) is 14.9. The molecular weight excluding hydrogens is 588 g/mol. The Bertz CT molecular complexity index is 1620. The van der Waals surface area contributed by atoms with Crippen LogP contribution in [0.4, 0.5) is 0 Å². The molecule has 0 amide bonds. The third-order valence-corrected chi connectivity index (χ3v) is 7.77. The molecular formula is C28H29BrN2O7S. The Morgan fingerprint density at radius 1 is 1.03 bits per heavy atom. The minimum atomic E-state index is -0.813. The van der Waals surface area contributed by atoms with Gasteiger partial charge in [-0.25, -0.2) is 9.79 Å². The van der Waals surface area contributed by atoms with Crippen LogP contribution >= 0.6 is 27.3 Å². The first kappa shape index (κ1) is 28.4. The highest BCUT2D eigenvalue weighted by molar-refractivity contribution is 9.10. The maximum Gasteiger partial charge on any atom is 0.338 e. The van der Waals surface area contributed by atoms with Gasteiger partial charge >= 0.3 is 5.97 Å². The van der Waals surface area contributed by atoms with E-state index in [-0.39, 0.29) is 17.7 Å². The van der Waals surface area contributed by atoms with Crippen molar-refractivity contribution >= 4 is 39.3 Å². The summed E-state index contributed by atoms with van der Waals surface area (Å²) in [4.78, 5) is 32.2. The van der Waals surface area contributed by atoms with E-state index < -0.39 is 12.0 Å². The van der Waals surface area contributed by atoms with E-state index in [4.69, 9.17) is 23.7 Å². The number of carbonyl (C=O) groups excluding carboxylic acids is 1. The zero-order chi connectivity index (χ0) is 28.3. The summed E-state index contributed by atoms with van der Waals surface area (Å²) in [6, 6.07) is 8.12. The third kappa shape index (κ3) is 5.46. The number of methoxy groups -OCH3 is 3. The summed E-state index contributed by atoms with van der Waals surface area (Å²) in [6.45, 7) is 5.98. The van der Waals surface area contributed by atoms with Gasteiger partial charge in [0.15, 0.2) is 27.8 Å². The molecule has 39 heavy (non-hydrogen) atoms. The zero-order valence-corrected chi connectivity index (χ0v) is 24.9. The number of ether oxygens (including phenoxy) is 5. The topological polar surface area (TPSA) is 97.6 Å². The van der Waals surface area contributed by atoms with Crippen LogP contribution < -0.4 is 33.8 Å². The zero-order valence-electron chi connectivity index (χ0n) is 22.5. The number of esters is 1. The van der Waals surface area contributed by atoms with Crippen molar-refractivity contribution < 1.29 is 28.5 Å². The van der Waals surface area contributed by atoms with Gasteiger partial charge in [-0.1, -0.05) is 33.3 Å². The Morgan fingerprint density at radius 2 is 1.72 bits per heavy atom. The second kappa shape index (κ2) is 12.1. The maximum atomic E-state index is 13.9. The fourth-order valence-corrected chi connectivity index (χ4v) is 5.95. The Kier molecular flexibility index (Phi) is 8.81. The molecule has 0 saturated heterocycles.